The highest BCUT2D eigenvalue weighted by Gasteiger charge is 2.39. The zero-order valence-corrected chi connectivity index (χ0v) is 14.2. The number of carbonyl (C=O) groups is 3. The van der Waals surface area contributed by atoms with Crippen LogP contribution in [-0.4, -0.2) is 27.8 Å². The highest BCUT2D eigenvalue weighted by atomic mass is 16.4. The van der Waals surface area contributed by atoms with Crippen LogP contribution in [0.5, 0.6) is 5.75 Å². The van der Waals surface area contributed by atoms with Crippen molar-refractivity contribution in [2.45, 2.75) is 0 Å². The number of fused-ring (bicyclic) bond motifs is 1. The Labute approximate surface area is 157 Å². The zero-order valence-electron chi connectivity index (χ0n) is 14.2. The van der Waals surface area contributed by atoms with Crippen LogP contribution in [0.4, 0.5) is 0 Å². The molecule has 8 nitrogen and oxygen atoms in total. The van der Waals surface area contributed by atoms with Gasteiger partial charge < -0.3 is 9.52 Å². The van der Waals surface area contributed by atoms with Crippen LogP contribution in [0.15, 0.2) is 69.4 Å². The number of hydrogen-bond donors (Lipinski definition) is 2. The molecule has 138 valence electrons. The molecule has 1 aliphatic heterocycles. The SMILES string of the molecule is O=C1NN(C(=O)c2cc3ccccc3oc2=O)C(=O)C1=Cc1ccccc1O. The molecular formula is C20H12N2O6. The van der Waals surface area contributed by atoms with Crippen LogP contribution in [0.2, 0.25) is 0 Å². The van der Waals surface area contributed by atoms with E-state index in [4.69, 9.17) is 4.42 Å². The molecule has 4 rings (SSSR count). The number of benzene rings is 2. The lowest BCUT2D eigenvalue weighted by Crippen LogP contribution is -2.42. The molecule has 0 aliphatic carbocycles. The first kappa shape index (κ1) is 17.2. The number of para-hydroxylation sites is 2. The Hall–Kier alpha value is -4.20. The van der Waals surface area contributed by atoms with Gasteiger partial charge in [0.2, 0.25) is 0 Å². The molecule has 0 bridgehead atoms. The van der Waals surface area contributed by atoms with E-state index in [-0.39, 0.29) is 16.9 Å². The van der Waals surface area contributed by atoms with Gasteiger partial charge in [0.15, 0.2) is 0 Å². The Bertz CT molecular complexity index is 1240. The number of phenols is 1. The fourth-order valence-corrected chi connectivity index (χ4v) is 2.80. The summed E-state index contributed by atoms with van der Waals surface area (Å²) >= 11 is 0. The summed E-state index contributed by atoms with van der Waals surface area (Å²) in [5.41, 5.74) is 0.994. The van der Waals surface area contributed by atoms with Crippen molar-refractivity contribution in [3.63, 3.8) is 0 Å². The highest BCUT2D eigenvalue weighted by Crippen LogP contribution is 2.22. The van der Waals surface area contributed by atoms with Crippen LogP contribution in [0.25, 0.3) is 17.0 Å². The third-order valence-electron chi connectivity index (χ3n) is 4.20. The molecule has 3 aromatic rings. The van der Waals surface area contributed by atoms with Crippen molar-refractivity contribution in [3.05, 3.63) is 81.7 Å². The van der Waals surface area contributed by atoms with E-state index in [1.807, 2.05) is 0 Å². The summed E-state index contributed by atoms with van der Waals surface area (Å²) in [7, 11) is 0. The number of nitrogens with zero attached hydrogens (tertiary/aromatic N) is 1. The molecule has 3 amide bonds. The summed E-state index contributed by atoms with van der Waals surface area (Å²) in [4.78, 5) is 49.6. The minimum absolute atomic E-state index is 0.129. The first-order chi connectivity index (χ1) is 13.5. The van der Waals surface area contributed by atoms with Crippen molar-refractivity contribution in [1.82, 2.24) is 10.4 Å². The minimum Gasteiger partial charge on any atom is -0.507 e. The van der Waals surface area contributed by atoms with E-state index in [2.05, 4.69) is 5.43 Å². The average Bonchev–Trinajstić information content (AvgIpc) is 2.97. The molecule has 8 heteroatoms. The number of nitrogens with one attached hydrogen (secondary N) is 1. The van der Waals surface area contributed by atoms with Crippen LogP contribution in [0.3, 0.4) is 0 Å². The van der Waals surface area contributed by atoms with Crippen molar-refractivity contribution in [3.8, 4) is 5.75 Å². The Morgan fingerprint density at radius 3 is 2.54 bits per heavy atom. The van der Waals surface area contributed by atoms with Gasteiger partial charge in [-0.3, -0.25) is 19.8 Å². The summed E-state index contributed by atoms with van der Waals surface area (Å²) in [5, 5.41) is 10.8. The lowest BCUT2D eigenvalue weighted by Gasteiger charge is -2.11. The van der Waals surface area contributed by atoms with Gasteiger partial charge in [-0.15, -0.1) is 0 Å². The predicted molar refractivity (Wildman–Crippen MR) is 97.9 cm³/mol. The number of hydrazine groups is 1. The van der Waals surface area contributed by atoms with Gasteiger partial charge in [0.1, 0.15) is 22.5 Å². The number of phenolic OH excluding ortho intramolecular Hbond substituents is 1. The fraction of sp³-hybridized carbons (Fsp3) is 0. The molecule has 1 aromatic heterocycles. The number of aromatic hydroxyl groups is 1. The molecule has 0 radical (unpaired) electrons. The topological polar surface area (TPSA) is 117 Å². The van der Waals surface area contributed by atoms with Crippen molar-refractivity contribution in [2.75, 3.05) is 0 Å². The van der Waals surface area contributed by atoms with Gasteiger partial charge in [0, 0.05) is 10.9 Å². The van der Waals surface area contributed by atoms with E-state index < -0.39 is 28.9 Å². The van der Waals surface area contributed by atoms with Crippen LogP contribution in [-0.2, 0) is 9.59 Å². The molecule has 0 atom stereocenters. The maximum absolute atomic E-state index is 12.7. The number of carbonyl (C=O) groups excluding carboxylic acids is 3. The lowest BCUT2D eigenvalue weighted by molar-refractivity contribution is -0.125. The average molecular weight is 376 g/mol. The summed E-state index contributed by atoms with van der Waals surface area (Å²) in [6.45, 7) is 0. The van der Waals surface area contributed by atoms with Crippen LogP contribution >= 0.6 is 0 Å². The molecule has 0 saturated carbocycles. The van der Waals surface area contributed by atoms with E-state index >= 15 is 0 Å². The first-order valence-electron chi connectivity index (χ1n) is 8.18. The van der Waals surface area contributed by atoms with Crippen LogP contribution in [0.1, 0.15) is 15.9 Å². The van der Waals surface area contributed by atoms with Gasteiger partial charge in [-0.05, 0) is 24.3 Å². The quantitative estimate of drug-likeness (QED) is 0.304. The van der Waals surface area contributed by atoms with Crippen molar-refractivity contribution in [2.24, 2.45) is 0 Å². The van der Waals surface area contributed by atoms with Crippen molar-refractivity contribution < 1.29 is 23.9 Å². The largest absolute Gasteiger partial charge is 0.507 e. The van der Waals surface area contributed by atoms with Gasteiger partial charge in [-0.1, -0.05) is 36.4 Å². The molecule has 1 fully saturated rings. The van der Waals surface area contributed by atoms with Gasteiger partial charge in [-0.25, -0.2) is 4.79 Å². The maximum atomic E-state index is 12.7. The normalized spacial score (nSPS) is 15.3. The zero-order chi connectivity index (χ0) is 19.8. The van der Waals surface area contributed by atoms with Crippen molar-refractivity contribution >= 4 is 34.8 Å². The van der Waals surface area contributed by atoms with E-state index in [0.717, 1.165) is 0 Å². The summed E-state index contributed by atoms with van der Waals surface area (Å²) in [5.74, 6) is -2.91. The summed E-state index contributed by atoms with van der Waals surface area (Å²) < 4.78 is 5.10. The molecule has 1 saturated heterocycles. The Morgan fingerprint density at radius 1 is 1.04 bits per heavy atom. The molecule has 2 N–H and O–H groups in total. The number of amides is 3. The third-order valence-corrected chi connectivity index (χ3v) is 4.20. The van der Waals surface area contributed by atoms with E-state index in [9.17, 15) is 24.3 Å². The van der Waals surface area contributed by atoms with Gasteiger partial charge in [-0.2, -0.15) is 5.01 Å². The Balaban J connectivity index is 1.71. The highest BCUT2D eigenvalue weighted by molar-refractivity contribution is 6.30. The monoisotopic (exact) mass is 376 g/mol. The molecule has 0 spiro atoms. The molecule has 2 aromatic carbocycles. The first-order valence-corrected chi connectivity index (χ1v) is 8.18. The standard InChI is InChI=1S/C20H12N2O6/c23-15-7-3-1-5-11(15)9-13-17(24)21-22(18(13)25)19(26)14-10-12-6-2-4-8-16(12)28-20(14)27/h1-10,23H,(H,21,24). The number of imide groups is 1. The van der Waals surface area contributed by atoms with Gasteiger partial charge in [0.05, 0.1) is 0 Å². The maximum Gasteiger partial charge on any atom is 0.349 e. The van der Waals surface area contributed by atoms with E-state index in [1.165, 1.54) is 24.3 Å². The fourth-order valence-electron chi connectivity index (χ4n) is 2.80. The molecule has 28 heavy (non-hydrogen) atoms. The van der Waals surface area contributed by atoms with E-state index in [0.29, 0.717) is 16.0 Å². The number of rotatable bonds is 2. The lowest BCUT2D eigenvalue weighted by atomic mass is 10.1. The van der Waals surface area contributed by atoms with Crippen LogP contribution in [0, 0.1) is 0 Å². The van der Waals surface area contributed by atoms with Gasteiger partial charge in [0.25, 0.3) is 17.7 Å². The minimum atomic E-state index is -1.02. The second kappa shape index (κ2) is 6.51. The molecule has 2 heterocycles. The third kappa shape index (κ3) is 2.82. The Morgan fingerprint density at radius 2 is 1.75 bits per heavy atom. The second-order valence-corrected chi connectivity index (χ2v) is 5.99. The predicted octanol–water partition coefficient (Wildman–Crippen LogP) is 1.60. The molecular weight excluding hydrogens is 364 g/mol. The van der Waals surface area contributed by atoms with Crippen molar-refractivity contribution in [1.29, 1.82) is 0 Å². The summed E-state index contributed by atoms with van der Waals surface area (Å²) in [6.07, 6.45) is 1.17. The molecule has 1 aliphatic rings. The van der Waals surface area contributed by atoms with Gasteiger partial charge >= 0.3 is 5.63 Å². The smallest absolute Gasteiger partial charge is 0.349 e. The molecule has 0 unspecified atom stereocenters. The Kier molecular flexibility index (Phi) is 4.00. The van der Waals surface area contributed by atoms with Crippen LogP contribution < -0.4 is 11.1 Å². The summed E-state index contributed by atoms with van der Waals surface area (Å²) in [6, 6.07) is 14.0. The second-order valence-electron chi connectivity index (χ2n) is 5.99. The van der Waals surface area contributed by atoms with E-state index in [1.54, 1.807) is 36.4 Å². The number of hydrogen-bond acceptors (Lipinski definition) is 6.